The van der Waals surface area contributed by atoms with Crippen LogP contribution in [0.2, 0.25) is 0 Å². The van der Waals surface area contributed by atoms with Crippen LogP contribution in [0.1, 0.15) is 41.1 Å². The average molecular weight is 464 g/mol. The molecule has 1 aromatic heterocycles. The predicted molar refractivity (Wildman–Crippen MR) is 138 cm³/mol. The van der Waals surface area contributed by atoms with Crippen molar-refractivity contribution in [2.75, 3.05) is 6.54 Å². The van der Waals surface area contributed by atoms with Gasteiger partial charge in [0.05, 0.1) is 11.7 Å². The first-order valence-corrected chi connectivity index (χ1v) is 12.2. The van der Waals surface area contributed by atoms with Crippen molar-refractivity contribution in [1.82, 2.24) is 14.9 Å². The number of hydrogen-bond acceptors (Lipinski definition) is 3. The third-order valence-corrected chi connectivity index (χ3v) is 6.73. The minimum Gasteiger partial charge on any atom is -0.339 e. The number of ketones is 1. The number of nitrogens with zero attached hydrogens (tertiary/aromatic N) is 2. The molecule has 5 nitrogen and oxygen atoms in total. The van der Waals surface area contributed by atoms with Crippen molar-refractivity contribution in [3.05, 3.63) is 102 Å². The van der Waals surface area contributed by atoms with E-state index >= 15 is 0 Å². The zero-order chi connectivity index (χ0) is 24.2. The lowest BCUT2D eigenvalue weighted by atomic mass is 10.0. The molecule has 5 rings (SSSR count). The summed E-state index contributed by atoms with van der Waals surface area (Å²) in [7, 11) is 0. The van der Waals surface area contributed by atoms with Crippen LogP contribution < -0.4 is 0 Å². The van der Waals surface area contributed by atoms with Gasteiger partial charge < -0.3 is 9.88 Å². The fourth-order valence-corrected chi connectivity index (χ4v) is 4.84. The van der Waals surface area contributed by atoms with Gasteiger partial charge in [-0.15, -0.1) is 0 Å². The van der Waals surface area contributed by atoms with Gasteiger partial charge in [0.2, 0.25) is 11.7 Å². The molecule has 1 amide bonds. The minimum atomic E-state index is -0.447. The first-order valence-electron chi connectivity index (χ1n) is 12.2. The Bertz CT molecular complexity index is 1310. The molecule has 0 aliphatic carbocycles. The Morgan fingerprint density at radius 3 is 2.20 bits per heavy atom. The molecule has 176 valence electrons. The van der Waals surface area contributed by atoms with Crippen LogP contribution in [0.15, 0.2) is 84.9 Å². The van der Waals surface area contributed by atoms with E-state index in [2.05, 4.69) is 46.4 Å². The standard InChI is InChI=1S/C30H29N3O2/c1-21-28(25-11-6-3-7-12-25)32-30(31-21)29(35)26-13-8-20-33(26)27(34)19-16-22-14-17-24(18-15-22)23-9-4-2-5-10-23/h2-7,9-12,14-15,17-18,26H,8,13,16,19-20H2,1H3,(H,31,32)/t26-/m0/s1. The summed E-state index contributed by atoms with van der Waals surface area (Å²) in [5.74, 6) is 0.260. The van der Waals surface area contributed by atoms with Gasteiger partial charge in [0.1, 0.15) is 0 Å². The normalized spacial score (nSPS) is 15.3. The van der Waals surface area contributed by atoms with Gasteiger partial charge in [0, 0.05) is 24.2 Å². The number of carbonyl (C=O) groups excluding carboxylic acids is 2. The molecule has 1 aliphatic rings. The second-order valence-corrected chi connectivity index (χ2v) is 9.10. The molecule has 4 aromatic rings. The van der Waals surface area contributed by atoms with Gasteiger partial charge in [0.25, 0.3) is 0 Å². The van der Waals surface area contributed by atoms with Crippen LogP contribution in [-0.4, -0.2) is 39.1 Å². The lowest BCUT2D eigenvalue weighted by molar-refractivity contribution is -0.131. The van der Waals surface area contributed by atoms with Gasteiger partial charge in [-0.2, -0.15) is 0 Å². The second kappa shape index (κ2) is 10.1. The molecule has 1 saturated heterocycles. The van der Waals surface area contributed by atoms with Gasteiger partial charge >= 0.3 is 0 Å². The molecule has 2 heterocycles. The Hall–Kier alpha value is -3.99. The number of hydrogen-bond donors (Lipinski definition) is 1. The number of imidazole rings is 1. The van der Waals surface area contributed by atoms with E-state index in [-0.39, 0.29) is 11.7 Å². The van der Waals surface area contributed by atoms with Crippen molar-refractivity contribution in [3.63, 3.8) is 0 Å². The lowest BCUT2D eigenvalue weighted by Gasteiger charge is -2.23. The largest absolute Gasteiger partial charge is 0.339 e. The number of aromatic amines is 1. The zero-order valence-electron chi connectivity index (χ0n) is 19.9. The van der Waals surface area contributed by atoms with Gasteiger partial charge in [-0.05, 0) is 42.9 Å². The highest BCUT2D eigenvalue weighted by atomic mass is 16.2. The minimum absolute atomic E-state index is 0.0274. The van der Waals surface area contributed by atoms with Crippen molar-refractivity contribution < 1.29 is 9.59 Å². The van der Waals surface area contributed by atoms with Gasteiger partial charge in [-0.25, -0.2) is 4.98 Å². The van der Waals surface area contributed by atoms with E-state index in [1.165, 1.54) is 5.56 Å². The number of benzene rings is 3. The Labute approximate surface area is 205 Å². The van der Waals surface area contributed by atoms with Crippen molar-refractivity contribution >= 4 is 11.7 Å². The molecule has 0 bridgehead atoms. The number of Topliss-reactive ketones (excluding diaryl/α,β-unsaturated/α-hetero) is 1. The van der Waals surface area contributed by atoms with Crippen molar-refractivity contribution in [1.29, 1.82) is 0 Å². The summed E-state index contributed by atoms with van der Waals surface area (Å²) < 4.78 is 0. The van der Waals surface area contributed by atoms with E-state index in [9.17, 15) is 9.59 Å². The molecule has 1 fully saturated rings. The zero-order valence-corrected chi connectivity index (χ0v) is 19.9. The van der Waals surface area contributed by atoms with E-state index in [1.54, 1.807) is 4.90 Å². The highest BCUT2D eigenvalue weighted by Crippen LogP contribution is 2.26. The number of amides is 1. The highest BCUT2D eigenvalue weighted by Gasteiger charge is 2.35. The molecule has 5 heteroatoms. The summed E-state index contributed by atoms with van der Waals surface area (Å²) >= 11 is 0. The van der Waals surface area contributed by atoms with Crippen molar-refractivity contribution in [3.8, 4) is 22.4 Å². The number of carbonyl (C=O) groups is 2. The summed E-state index contributed by atoms with van der Waals surface area (Å²) in [5, 5.41) is 0. The highest BCUT2D eigenvalue weighted by molar-refractivity contribution is 6.00. The summed E-state index contributed by atoms with van der Waals surface area (Å²) in [5.41, 5.74) is 6.07. The Morgan fingerprint density at radius 2 is 1.51 bits per heavy atom. The second-order valence-electron chi connectivity index (χ2n) is 9.10. The number of rotatable bonds is 7. The number of aromatic nitrogens is 2. The molecule has 3 aromatic carbocycles. The average Bonchev–Trinajstić information content (AvgIpc) is 3.55. The predicted octanol–water partition coefficient (Wildman–Crippen LogP) is 5.86. The molecular weight excluding hydrogens is 434 g/mol. The van der Waals surface area contributed by atoms with Crippen LogP contribution in [-0.2, 0) is 11.2 Å². The van der Waals surface area contributed by atoms with Crippen molar-refractivity contribution in [2.24, 2.45) is 0 Å². The molecule has 1 atom stereocenters. The maximum absolute atomic E-state index is 13.3. The fourth-order valence-electron chi connectivity index (χ4n) is 4.84. The monoisotopic (exact) mass is 463 g/mol. The first-order chi connectivity index (χ1) is 17.1. The quantitative estimate of drug-likeness (QED) is 0.349. The van der Waals surface area contributed by atoms with E-state index in [0.717, 1.165) is 34.5 Å². The lowest BCUT2D eigenvalue weighted by Crippen LogP contribution is -2.41. The Kier molecular flexibility index (Phi) is 6.57. The van der Waals surface area contributed by atoms with Gasteiger partial charge in [-0.1, -0.05) is 84.9 Å². The van der Waals surface area contributed by atoms with Crippen LogP contribution in [0.4, 0.5) is 0 Å². The SMILES string of the molecule is Cc1[nH]c(C(=O)[C@@H]2CCCN2C(=O)CCc2ccc(-c3ccccc3)cc2)nc1-c1ccccc1. The van der Waals surface area contributed by atoms with Gasteiger partial charge in [0.15, 0.2) is 5.82 Å². The molecule has 35 heavy (non-hydrogen) atoms. The van der Waals surface area contributed by atoms with E-state index < -0.39 is 6.04 Å². The summed E-state index contributed by atoms with van der Waals surface area (Å²) in [6.07, 6.45) is 2.56. The maximum Gasteiger partial charge on any atom is 0.223 e. The van der Waals surface area contributed by atoms with E-state index in [1.807, 2.05) is 55.5 Å². The Balaban J connectivity index is 1.23. The van der Waals surface area contributed by atoms with Crippen LogP contribution in [0.3, 0.4) is 0 Å². The molecule has 0 saturated carbocycles. The number of nitrogens with one attached hydrogen (secondary N) is 1. The van der Waals surface area contributed by atoms with Crippen LogP contribution in [0, 0.1) is 6.92 Å². The van der Waals surface area contributed by atoms with E-state index in [4.69, 9.17) is 0 Å². The third-order valence-electron chi connectivity index (χ3n) is 6.73. The summed E-state index contributed by atoms with van der Waals surface area (Å²) in [4.78, 5) is 35.9. The van der Waals surface area contributed by atoms with Crippen LogP contribution >= 0.6 is 0 Å². The maximum atomic E-state index is 13.3. The van der Waals surface area contributed by atoms with Crippen LogP contribution in [0.5, 0.6) is 0 Å². The first kappa shape index (κ1) is 22.8. The fraction of sp³-hybridized carbons (Fsp3) is 0.233. The smallest absolute Gasteiger partial charge is 0.223 e. The topological polar surface area (TPSA) is 66.1 Å². The summed E-state index contributed by atoms with van der Waals surface area (Å²) in [6.45, 7) is 2.54. The van der Waals surface area contributed by atoms with Crippen LogP contribution in [0.25, 0.3) is 22.4 Å². The number of likely N-dealkylation sites (tertiary alicyclic amines) is 1. The molecule has 0 unspecified atom stereocenters. The molecule has 1 N–H and O–H groups in total. The number of aryl methyl sites for hydroxylation is 2. The number of H-pyrrole nitrogens is 1. The molecule has 0 spiro atoms. The molecule has 1 aliphatic heterocycles. The summed E-state index contributed by atoms with van der Waals surface area (Å²) in [6, 6.07) is 28.0. The molecule has 0 radical (unpaired) electrons. The van der Waals surface area contributed by atoms with Crippen molar-refractivity contribution in [2.45, 2.75) is 38.6 Å². The molecular formula is C30H29N3O2. The Morgan fingerprint density at radius 1 is 0.886 bits per heavy atom. The van der Waals surface area contributed by atoms with Gasteiger partial charge in [-0.3, -0.25) is 9.59 Å². The van der Waals surface area contributed by atoms with E-state index in [0.29, 0.717) is 31.6 Å². The third kappa shape index (κ3) is 4.94.